The van der Waals surface area contributed by atoms with Gasteiger partial charge in [-0.2, -0.15) is 0 Å². The zero-order chi connectivity index (χ0) is 19.0. The number of hydrogen-bond acceptors (Lipinski definition) is 3. The van der Waals surface area contributed by atoms with E-state index in [1.165, 1.54) is 12.1 Å². The number of urea groups is 1. The van der Waals surface area contributed by atoms with E-state index in [4.69, 9.17) is 11.6 Å². The molecule has 2 aromatic rings. The summed E-state index contributed by atoms with van der Waals surface area (Å²) in [6.45, 7) is 0.840. The maximum Gasteiger partial charge on any atom is 0.321 e. The van der Waals surface area contributed by atoms with Crippen LogP contribution in [0.25, 0.3) is 0 Å². The molecule has 8 heteroatoms. The molecule has 2 heterocycles. The predicted octanol–water partition coefficient (Wildman–Crippen LogP) is 3.66. The van der Waals surface area contributed by atoms with Crippen molar-refractivity contribution in [1.82, 2.24) is 10.2 Å². The van der Waals surface area contributed by atoms with Gasteiger partial charge in [0.2, 0.25) is 0 Å². The van der Waals surface area contributed by atoms with Crippen LogP contribution in [-0.4, -0.2) is 35.6 Å². The fourth-order valence-electron chi connectivity index (χ4n) is 3.53. The number of anilines is 2. The van der Waals surface area contributed by atoms with Crippen molar-refractivity contribution in [2.45, 2.75) is 18.5 Å². The second-order valence-electron chi connectivity index (χ2n) is 6.72. The Labute approximate surface area is 160 Å². The highest BCUT2D eigenvalue weighted by molar-refractivity contribution is 6.34. The van der Waals surface area contributed by atoms with Gasteiger partial charge in [0.05, 0.1) is 22.0 Å². The largest absolute Gasteiger partial charge is 0.362 e. The SMILES string of the molecule is O=C1NC2(CCN(C(=O)Nc3ccccc3F)CC2)Nc2cccc(Cl)c21. The second-order valence-corrected chi connectivity index (χ2v) is 7.13. The molecule has 6 nitrogen and oxygen atoms in total. The third-order valence-electron chi connectivity index (χ3n) is 4.99. The third kappa shape index (κ3) is 3.30. The highest BCUT2D eigenvalue weighted by atomic mass is 35.5. The van der Waals surface area contributed by atoms with E-state index in [0.29, 0.717) is 42.2 Å². The quantitative estimate of drug-likeness (QED) is 0.698. The van der Waals surface area contributed by atoms with Crippen LogP contribution in [0.2, 0.25) is 5.02 Å². The van der Waals surface area contributed by atoms with Crippen molar-refractivity contribution in [2.24, 2.45) is 0 Å². The van der Waals surface area contributed by atoms with Crippen LogP contribution < -0.4 is 16.0 Å². The zero-order valence-electron chi connectivity index (χ0n) is 14.4. The molecule has 4 rings (SSSR count). The molecule has 0 aromatic heterocycles. The maximum absolute atomic E-state index is 13.7. The van der Waals surface area contributed by atoms with Crippen molar-refractivity contribution in [1.29, 1.82) is 0 Å². The number of carbonyl (C=O) groups is 2. The molecule has 27 heavy (non-hydrogen) atoms. The molecule has 1 spiro atoms. The molecule has 3 amide bonds. The van der Waals surface area contributed by atoms with E-state index in [-0.39, 0.29) is 17.6 Å². The minimum absolute atomic E-state index is 0.149. The van der Waals surface area contributed by atoms with E-state index in [1.54, 1.807) is 29.2 Å². The molecule has 0 bridgehead atoms. The summed E-state index contributed by atoms with van der Waals surface area (Å²) in [5.41, 5.74) is 0.652. The Kier molecular flexibility index (Phi) is 4.39. The molecule has 2 aliphatic heterocycles. The molecule has 140 valence electrons. The number of carbonyl (C=O) groups excluding carboxylic acids is 2. The van der Waals surface area contributed by atoms with E-state index in [0.717, 1.165) is 0 Å². The first-order valence-corrected chi connectivity index (χ1v) is 9.05. The monoisotopic (exact) mass is 388 g/mol. The Bertz CT molecular complexity index is 912. The lowest BCUT2D eigenvalue weighted by molar-refractivity contribution is 0.0852. The Morgan fingerprint density at radius 3 is 2.59 bits per heavy atom. The van der Waals surface area contributed by atoms with Gasteiger partial charge in [-0.3, -0.25) is 4.79 Å². The van der Waals surface area contributed by atoms with Crippen molar-refractivity contribution < 1.29 is 14.0 Å². The van der Waals surface area contributed by atoms with Gasteiger partial charge in [-0.05, 0) is 24.3 Å². The van der Waals surface area contributed by atoms with Gasteiger partial charge in [-0.25, -0.2) is 9.18 Å². The highest BCUT2D eigenvalue weighted by Gasteiger charge is 2.41. The van der Waals surface area contributed by atoms with Crippen LogP contribution in [-0.2, 0) is 0 Å². The summed E-state index contributed by atoms with van der Waals surface area (Å²) in [7, 11) is 0. The number of para-hydroxylation sites is 1. The van der Waals surface area contributed by atoms with E-state index in [1.807, 2.05) is 6.07 Å². The maximum atomic E-state index is 13.7. The minimum Gasteiger partial charge on any atom is -0.362 e. The number of hydrogen-bond donors (Lipinski definition) is 3. The Hall–Kier alpha value is -2.80. The third-order valence-corrected chi connectivity index (χ3v) is 5.30. The van der Waals surface area contributed by atoms with Crippen LogP contribution in [0.1, 0.15) is 23.2 Å². The van der Waals surface area contributed by atoms with Crippen LogP contribution in [0.4, 0.5) is 20.6 Å². The van der Waals surface area contributed by atoms with Gasteiger partial charge >= 0.3 is 6.03 Å². The van der Waals surface area contributed by atoms with Gasteiger partial charge in [-0.15, -0.1) is 0 Å². The summed E-state index contributed by atoms with van der Waals surface area (Å²) >= 11 is 6.13. The van der Waals surface area contributed by atoms with E-state index >= 15 is 0 Å². The molecule has 0 saturated carbocycles. The van der Waals surface area contributed by atoms with Crippen molar-refractivity contribution >= 4 is 34.9 Å². The number of nitrogens with one attached hydrogen (secondary N) is 3. The second kappa shape index (κ2) is 6.74. The standard InChI is InChI=1S/C19H18ClFN4O2/c20-12-4-3-7-15-16(12)17(26)24-19(23-15)8-10-25(11-9-19)18(27)22-14-6-2-1-5-13(14)21/h1-7,23H,8-11H2,(H,22,27)(H,24,26). The van der Waals surface area contributed by atoms with Crippen LogP contribution in [0, 0.1) is 5.82 Å². The summed E-state index contributed by atoms with van der Waals surface area (Å²) in [6, 6.07) is 11.0. The molecule has 0 atom stereocenters. The highest BCUT2D eigenvalue weighted by Crippen LogP contribution is 2.34. The number of fused-ring (bicyclic) bond motifs is 1. The molecule has 0 unspecified atom stereocenters. The number of likely N-dealkylation sites (tertiary alicyclic amines) is 1. The summed E-state index contributed by atoms with van der Waals surface area (Å²) in [5.74, 6) is -0.701. The van der Waals surface area contributed by atoms with Crippen LogP contribution >= 0.6 is 11.6 Å². The number of halogens is 2. The first kappa shape index (κ1) is 17.6. The summed E-state index contributed by atoms with van der Waals surface area (Å²) in [5, 5.41) is 9.35. The van der Waals surface area contributed by atoms with Gasteiger partial charge in [0.1, 0.15) is 11.5 Å². The minimum atomic E-state index is -0.621. The topological polar surface area (TPSA) is 73.5 Å². The summed E-state index contributed by atoms with van der Waals surface area (Å²) in [6.07, 6.45) is 1.05. The number of rotatable bonds is 1. The Morgan fingerprint density at radius 1 is 1.11 bits per heavy atom. The predicted molar refractivity (Wildman–Crippen MR) is 101 cm³/mol. The smallest absolute Gasteiger partial charge is 0.321 e. The van der Waals surface area contributed by atoms with Crippen molar-refractivity contribution in [3.05, 3.63) is 58.9 Å². The lowest BCUT2D eigenvalue weighted by Crippen LogP contribution is -2.63. The number of amides is 3. The van der Waals surface area contributed by atoms with Crippen LogP contribution in [0.3, 0.4) is 0 Å². The molecular formula is C19H18ClFN4O2. The molecule has 3 N–H and O–H groups in total. The fraction of sp³-hybridized carbons (Fsp3) is 0.263. The zero-order valence-corrected chi connectivity index (χ0v) is 15.1. The van der Waals surface area contributed by atoms with Crippen molar-refractivity contribution in [2.75, 3.05) is 23.7 Å². The Morgan fingerprint density at radius 2 is 1.85 bits per heavy atom. The molecule has 2 aromatic carbocycles. The average molecular weight is 389 g/mol. The van der Waals surface area contributed by atoms with Gasteiger partial charge in [0.25, 0.3) is 5.91 Å². The van der Waals surface area contributed by atoms with Crippen molar-refractivity contribution in [3.63, 3.8) is 0 Å². The van der Waals surface area contributed by atoms with Crippen LogP contribution in [0.15, 0.2) is 42.5 Å². The lowest BCUT2D eigenvalue weighted by Gasteiger charge is -2.45. The van der Waals surface area contributed by atoms with E-state index in [9.17, 15) is 14.0 Å². The van der Waals surface area contributed by atoms with E-state index in [2.05, 4.69) is 16.0 Å². The number of nitrogens with zero attached hydrogens (tertiary/aromatic N) is 1. The molecule has 0 aliphatic carbocycles. The first-order valence-electron chi connectivity index (χ1n) is 8.67. The molecule has 1 fully saturated rings. The number of benzene rings is 2. The summed E-state index contributed by atoms with van der Waals surface area (Å²) in [4.78, 5) is 26.5. The van der Waals surface area contributed by atoms with Crippen LogP contribution in [0.5, 0.6) is 0 Å². The van der Waals surface area contributed by atoms with Gasteiger partial charge in [-0.1, -0.05) is 29.8 Å². The normalized spacial score (nSPS) is 17.7. The van der Waals surface area contributed by atoms with Gasteiger partial charge in [0, 0.05) is 25.9 Å². The van der Waals surface area contributed by atoms with Gasteiger partial charge in [0.15, 0.2) is 0 Å². The summed E-state index contributed by atoms with van der Waals surface area (Å²) < 4.78 is 13.7. The van der Waals surface area contributed by atoms with Crippen molar-refractivity contribution in [3.8, 4) is 0 Å². The molecule has 1 saturated heterocycles. The first-order chi connectivity index (χ1) is 13.0. The Balaban J connectivity index is 1.44. The van der Waals surface area contributed by atoms with E-state index < -0.39 is 11.5 Å². The molecular weight excluding hydrogens is 371 g/mol. The molecule has 0 radical (unpaired) electrons. The fourth-order valence-corrected chi connectivity index (χ4v) is 3.79. The van der Waals surface area contributed by atoms with Gasteiger partial charge < -0.3 is 20.9 Å². The average Bonchev–Trinajstić information content (AvgIpc) is 2.64. The lowest BCUT2D eigenvalue weighted by atomic mass is 9.92. The number of piperidine rings is 1. The molecule has 2 aliphatic rings.